The van der Waals surface area contributed by atoms with E-state index in [1.807, 2.05) is 6.07 Å². The second kappa shape index (κ2) is 9.76. The highest BCUT2D eigenvalue weighted by molar-refractivity contribution is 5.78. The van der Waals surface area contributed by atoms with Crippen molar-refractivity contribution in [2.24, 2.45) is 0 Å². The summed E-state index contributed by atoms with van der Waals surface area (Å²) in [5.74, 6) is -1.31. The number of benzene rings is 3. The van der Waals surface area contributed by atoms with Crippen LogP contribution in [0.4, 0.5) is 17.6 Å². The molecule has 32 heavy (non-hydrogen) atoms. The molecule has 0 spiro atoms. The number of hydrogen-bond donors (Lipinski definition) is 0. The Hall–Kier alpha value is -2.82. The van der Waals surface area contributed by atoms with Crippen molar-refractivity contribution in [2.45, 2.75) is 58.5 Å². The first-order valence-electron chi connectivity index (χ1n) is 11.2. The van der Waals surface area contributed by atoms with E-state index in [-0.39, 0.29) is 16.9 Å². The molecule has 0 aliphatic heterocycles. The van der Waals surface area contributed by atoms with Crippen molar-refractivity contribution >= 4 is 0 Å². The van der Waals surface area contributed by atoms with Crippen LogP contribution < -0.4 is 4.74 Å². The molecule has 0 N–H and O–H groups in total. The molecule has 0 saturated carbocycles. The minimum Gasteiger partial charge on any atom is -0.435 e. The monoisotopic (exact) mass is 442 g/mol. The zero-order valence-electron chi connectivity index (χ0n) is 18.1. The normalized spacial score (nSPS) is 12.6. The zero-order valence-corrected chi connectivity index (χ0v) is 18.1. The van der Waals surface area contributed by atoms with Crippen molar-refractivity contribution in [1.29, 1.82) is 0 Å². The molecule has 0 radical (unpaired) electrons. The van der Waals surface area contributed by atoms with Gasteiger partial charge in [0.2, 0.25) is 0 Å². The molecule has 1 aliphatic carbocycles. The lowest BCUT2D eigenvalue weighted by molar-refractivity contribution is -0.0498. The molecule has 0 atom stereocenters. The Bertz CT molecular complexity index is 1090. The standard InChI is InChI=1S/C27H26F4O/c1-2-3-4-5-6-17-7-13-21-19(15-17)10-14-22-23(21)16-24(28)25(26(22)29)18-8-11-20(12-9-18)32-27(30)31/h7-9,11-13,15-16,27H,2-6,10,14H2,1H3. The molecule has 0 saturated heterocycles. The van der Waals surface area contributed by atoms with E-state index in [2.05, 4.69) is 23.8 Å². The minimum atomic E-state index is -2.95. The molecule has 4 rings (SSSR count). The van der Waals surface area contributed by atoms with Crippen molar-refractivity contribution < 1.29 is 22.3 Å². The van der Waals surface area contributed by atoms with Crippen molar-refractivity contribution in [1.82, 2.24) is 0 Å². The van der Waals surface area contributed by atoms with Crippen LogP contribution in [0.2, 0.25) is 0 Å². The molecule has 0 bridgehead atoms. The van der Waals surface area contributed by atoms with Gasteiger partial charge in [-0.25, -0.2) is 8.78 Å². The number of unbranched alkanes of at least 4 members (excludes halogenated alkanes) is 3. The van der Waals surface area contributed by atoms with Gasteiger partial charge in [0, 0.05) is 0 Å². The number of rotatable bonds is 8. The Morgan fingerprint density at radius 2 is 1.66 bits per heavy atom. The summed E-state index contributed by atoms with van der Waals surface area (Å²) in [6.07, 6.45) is 7.02. The SMILES string of the molecule is CCCCCCc1ccc2c(c1)CCc1c-2cc(F)c(-c2ccc(OC(F)F)cc2)c1F. The third-order valence-electron chi connectivity index (χ3n) is 6.11. The first kappa shape index (κ1) is 22.4. The van der Waals surface area contributed by atoms with Crippen LogP contribution in [0.1, 0.15) is 49.3 Å². The van der Waals surface area contributed by atoms with Gasteiger partial charge in [-0.1, -0.05) is 56.5 Å². The van der Waals surface area contributed by atoms with E-state index in [1.165, 1.54) is 55.2 Å². The van der Waals surface area contributed by atoms with E-state index in [1.54, 1.807) is 0 Å². The van der Waals surface area contributed by atoms with Gasteiger partial charge in [0.15, 0.2) is 0 Å². The highest BCUT2D eigenvalue weighted by Crippen LogP contribution is 2.40. The summed E-state index contributed by atoms with van der Waals surface area (Å²) in [4.78, 5) is 0. The quantitative estimate of drug-likeness (QED) is 0.253. The molecule has 0 unspecified atom stereocenters. The Kier molecular flexibility index (Phi) is 6.83. The van der Waals surface area contributed by atoms with Gasteiger partial charge in [-0.2, -0.15) is 8.78 Å². The molecule has 0 aromatic heterocycles. The lowest BCUT2D eigenvalue weighted by atomic mass is 9.82. The molecule has 5 heteroatoms. The lowest BCUT2D eigenvalue weighted by Gasteiger charge is -2.23. The highest BCUT2D eigenvalue weighted by atomic mass is 19.3. The van der Waals surface area contributed by atoms with Crippen LogP contribution in [0.25, 0.3) is 22.3 Å². The molecule has 3 aromatic rings. The van der Waals surface area contributed by atoms with E-state index >= 15 is 8.78 Å². The van der Waals surface area contributed by atoms with Crippen molar-refractivity contribution in [3.05, 3.63) is 76.9 Å². The third kappa shape index (κ3) is 4.67. The zero-order chi connectivity index (χ0) is 22.7. The second-order valence-corrected chi connectivity index (χ2v) is 8.28. The fourth-order valence-electron chi connectivity index (χ4n) is 4.50. The Morgan fingerprint density at radius 1 is 0.875 bits per heavy atom. The first-order chi connectivity index (χ1) is 15.5. The van der Waals surface area contributed by atoms with E-state index in [0.717, 1.165) is 24.0 Å². The summed E-state index contributed by atoms with van der Waals surface area (Å²) in [7, 11) is 0. The van der Waals surface area contributed by atoms with E-state index in [4.69, 9.17) is 0 Å². The maximum Gasteiger partial charge on any atom is 0.387 e. The fraction of sp³-hybridized carbons (Fsp3) is 0.333. The number of halogens is 4. The Morgan fingerprint density at radius 3 is 2.38 bits per heavy atom. The van der Waals surface area contributed by atoms with Crippen LogP contribution in [-0.4, -0.2) is 6.61 Å². The molecule has 1 aliphatic rings. The van der Waals surface area contributed by atoms with Gasteiger partial charge < -0.3 is 4.74 Å². The fourth-order valence-corrected chi connectivity index (χ4v) is 4.50. The van der Waals surface area contributed by atoms with Crippen LogP contribution in [-0.2, 0) is 19.3 Å². The topological polar surface area (TPSA) is 9.23 Å². The van der Waals surface area contributed by atoms with Gasteiger partial charge >= 0.3 is 6.61 Å². The van der Waals surface area contributed by atoms with Crippen molar-refractivity contribution in [3.8, 4) is 28.0 Å². The van der Waals surface area contributed by atoms with Crippen LogP contribution in [0, 0.1) is 11.6 Å². The van der Waals surface area contributed by atoms with Gasteiger partial charge in [0.05, 0.1) is 5.56 Å². The molecule has 3 aromatic carbocycles. The summed E-state index contributed by atoms with van der Waals surface area (Å²) < 4.78 is 59.5. The molecule has 0 fully saturated rings. The maximum absolute atomic E-state index is 15.4. The molecular formula is C27H26F4O. The summed E-state index contributed by atoms with van der Waals surface area (Å²) >= 11 is 0. The average molecular weight is 442 g/mol. The van der Waals surface area contributed by atoms with Gasteiger partial charge in [-0.05, 0) is 77.3 Å². The van der Waals surface area contributed by atoms with E-state index in [9.17, 15) is 8.78 Å². The van der Waals surface area contributed by atoms with Crippen molar-refractivity contribution in [2.75, 3.05) is 0 Å². The number of fused-ring (bicyclic) bond motifs is 3. The Labute approximate surface area is 186 Å². The minimum absolute atomic E-state index is 0.0537. The van der Waals surface area contributed by atoms with Gasteiger partial charge in [-0.15, -0.1) is 0 Å². The Balaban J connectivity index is 1.63. The van der Waals surface area contributed by atoms with Gasteiger partial charge in [-0.3, -0.25) is 0 Å². The number of ether oxygens (including phenoxy) is 1. The number of aryl methyl sites for hydroxylation is 2. The summed E-state index contributed by atoms with van der Waals surface area (Å²) in [6.45, 7) is -0.758. The van der Waals surface area contributed by atoms with Gasteiger partial charge in [0.1, 0.15) is 17.4 Å². The summed E-state index contributed by atoms with van der Waals surface area (Å²) in [5, 5.41) is 0. The summed E-state index contributed by atoms with van der Waals surface area (Å²) in [5.41, 5.74) is 4.53. The lowest BCUT2D eigenvalue weighted by Crippen LogP contribution is -2.09. The number of hydrogen-bond acceptors (Lipinski definition) is 1. The van der Waals surface area contributed by atoms with Crippen LogP contribution in [0.3, 0.4) is 0 Å². The van der Waals surface area contributed by atoms with Crippen LogP contribution in [0.15, 0.2) is 48.5 Å². The van der Waals surface area contributed by atoms with Crippen LogP contribution >= 0.6 is 0 Å². The van der Waals surface area contributed by atoms with Crippen molar-refractivity contribution in [3.63, 3.8) is 0 Å². The van der Waals surface area contributed by atoms with E-state index < -0.39 is 18.2 Å². The van der Waals surface area contributed by atoms with Gasteiger partial charge in [0.25, 0.3) is 0 Å². The first-order valence-corrected chi connectivity index (χ1v) is 11.2. The van der Waals surface area contributed by atoms with E-state index in [0.29, 0.717) is 24.0 Å². The summed E-state index contributed by atoms with van der Waals surface area (Å²) in [6, 6.07) is 13.0. The molecule has 168 valence electrons. The predicted octanol–water partition coefficient (Wildman–Crippen LogP) is 8.12. The smallest absolute Gasteiger partial charge is 0.387 e. The number of alkyl halides is 2. The largest absolute Gasteiger partial charge is 0.435 e. The molecule has 0 amide bonds. The maximum atomic E-state index is 15.4. The average Bonchev–Trinajstić information content (AvgIpc) is 2.77. The third-order valence-corrected chi connectivity index (χ3v) is 6.11. The second-order valence-electron chi connectivity index (χ2n) is 8.28. The predicted molar refractivity (Wildman–Crippen MR) is 119 cm³/mol. The molecule has 0 heterocycles. The molecule has 1 nitrogen and oxygen atoms in total. The highest BCUT2D eigenvalue weighted by Gasteiger charge is 2.25. The van der Waals surface area contributed by atoms with Crippen LogP contribution in [0.5, 0.6) is 5.75 Å². The molecular weight excluding hydrogens is 416 g/mol.